The Kier molecular flexibility index (Phi) is 5.64. The second-order valence-corrected chi connectivity index (χ2v) is 7.48. The Labute approximate surface area is 162 Å². The van der Waals surface area contributed by atoms with Gasteiger partial charge in [0.05, 0.1) is 5.56 Å². The molecule has 5 nitrogen and oxygen atoms in total. The summed E-state index contributed by atoms with van der Waals surface area (Å²) < 4.78 is 18.2. The van der Waals surface area contributed by atoms with Crippen LogP contribution in [0.3, 0.4) is 0 Å². The van der Waals surface area contributed by atoms with Crippen molar-refractivity contribution >= 4 is 39.6 Å². The first-order valence-electron chi connectivity index (χ1n) is 7.83. The number of esters is 1. The van der Waals surface area contributed by atoms with Gasteiger partial charge < -0.3 is 10.1 Å². The third kappa shape index (κ3) is 4.39. The van der Waals surface area contributed by atoms with Gasteiger partial charge in [0.2, 0.25) is 0 Å². The van der Waals surface area contributed by atoms with Crippen molar-refractivity contribution < 1.29 is 18.7 Å². The number of nitrogens with zero attached hydrogens (tertiary/aromatic N) is 1. The number of nitriles is 1. The Bertz CT molecular complexity index is 1020. The van der Waals surface area contributed by atoms with E-state index in [1.165, 1.54) is 41.7 Å². The maximum Gasteiger partial charge on any atom is 0.349 e. The fourth-order valence-electron chi connectivity index (χ4n) is 2.20. The van der Waals surface area contributed by atoms with Crippen LogP contribution in [0.25, 0.3) is 10.4 Å². The average molecular weight is 400 g/mol. The molecular formula is C19H13FN2O3S2. The molecule has 136 valence electrons. The number of thiophene rings is 2. The smallest absolute Gasteiger partial charge is 0.349 e. The highest BCUT2D eigenvalue weighted by Gasteiger charge is 2.21. The average Bonchev–Trinajstić information content (AvgIpc) is 3.31. The van der Waals surface area contributed by atoms with Crippen molar-refractivity contribution in [1.82, 2.24) is 0 Å². The van der Waals surface area contributed by atoms with E-state index in [9.17, 15) is 14.0 Å². The minimum atomic E-state index is -1.03. The summed E-state index contributed by atoms with van der Waals surface area (Å²) in [5, 5.41) is 13.7. The molecule has 1 N–H and O–H groups in total. The summed E-state index contributed by atoms with van der Waals surface area (Å²) in [5.74, 6) is -1.47. The molecule has 0 saturated carbocycles. The second kappa shape index (κ2) is 8.12. The highest BCUT2D eigenvalue weighted by Crippen LogP contribution is 2.29. The minimum Gasteiger partial charge on any atom is -0.448 e. The van der Waals surface area contributed by atoms with Crippen LogP contribution in [0, 0.1) is 17.1 Å². The van der Waals surface area contributed by atoms with Crippen molar-refractivity contribution in [1.29, 1.82) is 5.26 Å². The molecule has 0 radical (unpaired) electrons. The van der Waals surface area contributed by atoms with Crippen molar-refractivity contribution in [2.75, 3.05) is 5.32 Å². The Hall–Kier alpha value is -3.02. The zero-order chi connectivity index (χ0) is 19.4. The van der Waals surface area contributed by atoms with Gasteiger partial charge in [0.25, 0.3) is 5.91 Å². The third-order valence-electron chi connectivity index (χ3n) is 3.61. The predicted octanol–water partition coefficient (Wildman–Crippen LogP) is 4.67. The van der Waals surface area contributed by atoms with Gasteiger partial charge in [-0.2, -0.15) is 5.26 Å². The number of rotatable bonds is 5. The molecule has 0 aliphatic carbocycles. The number of halogens is 1. The SMILES string of the molecule is C[C@H](OC(=O)c1ccc(-c2ccc(F)cc2)s1)C(=O)Nc1sccc1C#N. The third-order valence-corrected chi connectivity index (χ3v) is 5.56. The first-order valence-corrected chi connectivity index (χ1v) is 9.52. The molecule has 0 saturated heterocycles. The summed E-state index contributed by atoms with van der Waals surface area (Å²) in [4.78, 5) is 25.6. The molecule has 0 bridgehead atoms. The molecule has 0 aliphatic rings. The van der Waals surface area contributed by atoms with E-state index in [0.717, 1.165) is 10.4 Å². The molecule has 0 fully saturated rings. The van der Waals surface area contributed by atoms with Gasteiger partial charge in [-0.05, 0) is 48.2 Å². The highest BCUT2D eigenvalue weighted by atomic mass is 32.1. The molecule has 1 amide bonds. The van der Waals surface area contributed by atoms with Gasteiger partial charge in [-0.25, -0.2) is 9.18 Å². The van der Waals surface area contributed by atoms with Crippen LogP contribution in [0.4, 0.5) is 9.39 Å². The van der Waals surface area contributed by atoms with Crippen molar-refractivity contribution in [3.8, 4) is 16.5 Å². The summed E-state index contributed by atoms with van der Waals surface area (Å²) in [6.45, 7) is 1.46. The normalized spacial score (nSPS) is 11.4. The lowest BCUT2D eigenvalue weighted by Crippen LogP contribution is -2.29. The molecule has 3 aromatic rings. The van der Waals surface area contributed by atoms with Crippen LogP contribution in [-0.4, -0.2) is 18.0 Å². The number of hydrogen-bond donors (Lipinski definition) is 1. The summed E-state index contributed by atoms with van der Waals surface area (Å²) in [6, 6.07) is 12.9. The fourth-order valence-corrected chi connectivity index (χ4v) is 3.83. The van der Waals surface area contributed by atoms with Gasteiger partial charge in [0, 0.05) is 4.88 Å². The largest absolute Gasteiger partial charge is 0.448 e. The molecule has 1 atom stereocenters. The molecule has 0 aliphatic heterocycles. The molecule has 8 heteroatoms. The fraction of sp³-hybridized carbons (Fsp3) is 0.105. The molecule has 27 heavy (non-hydrogen) atoms. The highest BCUT2D eigenvalue weighted by molar-refractivity contribution is 7.17. The van der Waals surface area contributed by atoms with Gasteiger partial charge in [-0.1, -0.05) is 12.1 Å². The van der Waals surface area contributed by atoms with E-state index < -0.39 is 18.0 Å². The lowest BCUT2D eigenvalue weighted by molar-refractivity contribution is -0.123. The minimum absolute atomic E-state index is 0.333. The van der Waals surface area contributed by atoms with Crippen LogP contribution in [0.1, 0.15) is 22.2 Å². The number of hydrogen-bond acceptors (Lipinski definition) is 6. The van der Waals surface area contributed by atoms with Gasteiger partial charge in [-0.15, -0.1) is 22.7 Å². The molecule has 0 unspecified atom stereocenters. The van der Waals surface area contributed by atoms with E-state index in [1.807, 2.05) is 6.07 Å². The van der Waals surface area contributed by atoms with Crippen molar-refractivity contribution in [3.05, 3.63) is 64.1 Å². The maximum absolute atomic E-state index is 13.0. The van der Waals surface area contributed by atoms with Gasteiger partial charge in [0.1, 0.15) is 21.8 Å². The van der Waals surface area contributed by atoms with E-state index in [1.54, 1.807) is 35.7 Å². The van der Waals surface area contributed by atoms with Gasteiger partial charge in [0.15, 0.2) is 6.10 Å². The van der Waals surface area contributed by atoms with Crippen LogP contribution in [-0.2, 0) is 9.53 Å². The molecule has 2 aromatic heterocycles. The Morgan fingerprint density at radius 2 is 1.93 bits per heavy atom. The number of benzene rings is 1. The summed E-state index contributed by atoms with van der Waals surface area (Å²) in [7, 11) is 0. The maximum atomic E-state index is 13.0. The Morgan fingerprint density at radius 3 is 2.63 bits per heavy atom. The van der Waals surface area contributed by atoms with E-state index in [4.69, 9.17) is 10.00 Å². The van der Waals surface area contributed by atoms with Crippen molar-refractivity contribution in [3.63, 3.8) is 0 Å². The number of anilines is 1. The number of carbonyl (C=O) groups is 2. The van der Waals surface area contributed by atoms with Crippen LogP contribution >= 0.6 is 22.7 Å². The first kappa shape index (κ1) is 18.8. The van der Waals surface area contributed by atoms with Crippen LogP contribution in [0.2, 0.25) is 0 Å². The quantitative estimate of drug-likeness (QED) is 0.631. The molecule has 1 aromatic carbocycles. The lowest BCUT2D eigenvalue weighted by Gasteiger charge is -2.12. The molecular weight excluding hydrogens is 387 g/mol. The van der Waals surface area contributed by atoms with E-state index in [-0.39, 0.29) is 5.82 Å². The number of carbonyl (C=O) groups excluding carboxylic acids is 2. The van der Waals surface area contributed by atoms with Crippen molar-refractivity contribution in [2.45, 2.75) is 13.0 Å². The topological polar surface area (TPSA) is 79.2 Å². The van der Waals surface area contributed by atoms with Crippen LogP contribution < -0.4 is 5.32 Å². The van der Waals surface area contributed by atoms with Gasteiger partial charge >= 0.3 is 5.97 Å². The molecule has 3 rings (SSSR count). The standard InChI is InChI=1S/C19H13FN2O3S2/c1-11(17(23)22-18-13(10-21)8-9-26-18)25-19(24)16-7-6-15(27-16)12-2-4-14(20)5-3-12/h2-9,11H,1H3,(H,22,23)/t11-/m0/s1. The molecule has 0 spiro atoms. The lowest BCUT2D eigenvalue weighted by atomic mass is 10.2. The number of nitrogens with one attached hydrogen (secondary N) is 1. The first-order chi connectivity index (χ1) is 13.0. The summed E-state index contributed by atoms with van der Waals surface area (Å²) in [5.41, 5.74) is 1.14. The van der Waals surface area contributed by atoms with Crippen molar-refractivity contribution in [2.24, 2.45) is 0 Å². The summed E-state index contributed by atoms with van der Waals surface area (Å²) >= 11 is 2.41. The zero-order valence-electron chi connectivity index (χ0n) is 14.1. The number of amides is 1. The Balaban J connectivity index is 1.64. The van der Waals surface area contributed by atoms with E-state index in [2.05, 4.69) is 5.32 Å². The monoisotopic (exact) mass is 400 g/mol. The number of ether oxygens (including phenoxy) is 1. The summed E-state index contributed by atoms with van der Waals surface area (Å²) in [6.07, 6.45) is -1.03. The van der Waals surface area contributed by atoms with Crippen LogP contribution in [0.5, 0.6) is 0 Å². The van der Waals surface area contributed by atoms with E-state index in [0.29, 0.717) is 15.4 Å². The van der Waals surface area contributed by atoms with Gasteiger partial charge in [-0.3, -0.25) is 4.79 Å². The Morgan fingerprint density at radius 1 is 1.19 bits per heavy atom. The predicted molar refractivity (Wildman–Crippen MR) is 102 cm³/mol. The zero-order valence-corrected chi connectivity index (χ0v) is 15.7. The van der Waals surface area contributed by atoms with Crippen LogP contribution in [0.15, 0.2) is 47.8 Å². The second-order valence-electron chi connectivity index (χ2n) is 5.48. The molecule has 2 heterocycles. The van der Waals surface area contributed by atoms with E-state index >= 15 is 0 Å².